The van der Waals surface area contributed by atoms with Crippen LogP contribution >= 0.6 is 0 Å². The number of oxime groups is 1. The molecule has 2 fully saturated rings. The number of hydrogen-bond donors (Lipinski definition) is 1. The number of aromatic carboxylic acids is 1. The van der Waals surface area contributed by atoms with E-state index in [0.717, 1.165) is 18.6 Å². The summed E-state index contributed by atoms with van der Waals surface area (Å²) in [4.78, 5) is 28.6. The van der Waals surface area contributed by atoms with E-state index in [1.807, 2.05) is 0 Å². The molecule has 0 spiro atoms. The predicted molar refractivity (Wildman–Crippen MR) is 95.7 cm³/mol. The summed E-state index contributed by atoms with van der Waals surface area (Å²) >= 11 is 0. The van der Waals surface area contributed by atoms with Gasteiger partial charge in [0.25, 0.3) is 5.91 Å². The van der Waals surface area contributed by atoms with Crippen LogP contribution in [0.15, 0.2) is 29.4 Å². The van der Waals surface area contributed by atoms with Crippen molar-refractivity contribution in [2.24, 2.45) is 21.9 Å². The number of nitrogens with one attached hydrogen (secondary N) is 1. The Bertz CT molecular complexity index is 756. The fourth-order valence-corrected chi connectivity index (χ4v) is 4.35. The number of benzene rings is 1. The number of amides is 1. The minimum atomic E-state index is -1.37. The fraction of sp³-hybridized carbons (Fsp3) is 0.550. The number of carboxylic acids is 1. The molecule has 2 aliphatic carbocycles. The van der Waals surface area contributed by atoms with Gasteiger partial charge in [-0.15, -0.1) is 0 Å². The van der Waals surface area contributed by atoms with Crippen LogP contribution in [0.3, 0.4) is 0 Å². The van der Waals surface area contributed by atoms with Crippen molar-refractivity contribution in [3.05, 3.63) is 35.4 Å². The van der Waals surface area contributed by atoms with E-state index in [1.54, 1.807) is 12.1 Å². The third kappa shape index (κ3) is 2.97. The zero-order valence-corrected chi connectivity index (χ0v) is 15.5. The molecule has 2 saturated carbocycles. The number of carboxylic acid groups (broad SMARTS) is 1. The zero-order chi connectivity index (χ0) is 18.9. The average Bonchev–Trinajstić information content (AvgIpc) is 2.94. The van der Waals surface area contributed by atoms with Gasteiger partial charge in [0.15, 0.2) is 0 Å². The van der Waals surface area contributed by atoms with Crippen LogP contribution in [-0.4, -0.2) is 30.7 Å². The standard InChI is InChI=1S/C20H26N2O4/c1-19(2)13-8-9-20(19,3)16(12-13)22-26-11-10-21-17(23)14-6-4-5-7-15(14)18(24)25/h4-7,13H,8-12H2,1-3H3,(H,21,23)(H,24,25)/p-1/b22-16+/t13-,20-/m0/s1. The molecule has 0 saturated heterocycles. The molecule has 0 aliphatic heterocycles. The first-order chi connectivity index (χ1) is 12.3. The Kier molecular flexibility index (Phi) is 4.78. The van der Waals surface area contributed by atoms with E-state index in [2.05, 4.69) is 31.2 Å². The summed E-state index contributed by atoms with van der Waals surface area (Å²) in [6, 6.07) is 5.98. The molecule has 0 aromatic heterocycles. The largest absolute Gasteiger partial charge is 0.545 e. The van der Waals surface area contributed by atoms with Crippen LogP contribution in [0.4, 0.5) is 0 Å². The van der Waals surface area contributed by atoms with E-state index in [9.17, 15) is 14.7 Å². The molecule has 1 N–H and O–H groups in total. The van der Waals surface area contributed by atoms with E-state index >= 15 is 0 Å². The Morgan fingerprint density at radius 3 is 2.54 bits per heavy atom. The highest BCUT2D eigenvalue weighted by molar-refractivity contribution is 6.04. The topological polar surface area (TPSA) is 90.8 Å². The lowest BCUT2D eigenvalue weighted by molar-refractivity contribution is -0.255. The summed E-state index contributed by atoms with van der Waals surface area (Å²) in [7, 11) is 0. The van der Waals surface area contributed by atoms with E-state index < -0.39 is 11.9 Å². The van der Waals surface area contributed by atoms with Crippen LogP contribution in [0.25, 0.3) is 0 Å². The van der Waals surface area contributed by atoms with Gasteiger partial charge >= 0.3 is 0 Å². The zero-order valence-electron chi connectivity index (χ0n) is 15.5. The van der Waals surface area contributed by atoms with Crippen molar-refractivity contribution in [3.63, 3.8) is 0 Å². The molecule has 26 heavy (non-hydrogen) atoms. The van der Waals surface area contributed by atoms with Crippen molar-refractivity contribution in [1.29, 1.82) is 0 Å². The van der Waals surface area contributed by atoms with E-state index in [1.165, 1.54) is 18.6 Å². The summed E-state index contributed by atoms with van der Waals surface area (Å²) in [5.41, 5.74) is 1.42. The minimum Gasteiger partial charge on any atom is -0.545 e. The molecule has 0 heterocycles. The number of rotatable bonds is 6. The van der Waals surface area contributed by atoms with Gasteiger partial charge in [0, 0.05) is 16.5 Å². The highest BCUT2D eigenvalue weighted by Crippen LogP contribution is 2.63. The van der Waals surface area contributed by atoms with Gasteiger partial charge in [-0.05, 0) is 36.7 Å². The molecule has 2 aliphatic rings. The van der Waals surface area contributed by atoms with Gasteiger partial charge in [-0.2, -0.15) is 0 Å². The van der Waals surface area contributed by atoms with Gasteiger partial charge in [-0.1, -0.05) is 44.1 Å². The highest BCUT2D eigenvalue weighted by atomic mass is 16.6. The fourth-order valence-electron chi connectivity index (χ4n) is 4.35. The van der Waals surface area contributed by atoms with Crippen molar-refractivity contribution in [2.45, 2.75) is 40.0 Å². The first-order valence-corrected chi connectivity index (χ1v) is 9.05. The van der Waals surface area contributed by atoms with Crippen LogP contribution in [-0.2, 0) is 4.84 Å². The van der Waals surface area contributed by atoms with Crippen molar-refractivity contribution in [2.75, 3.05) is 13.2 Å². The number of carbonyl (C=O) groups is 2. The highest BCUT2D eigenvalue weighted by Gasteiger charge is 2.60. The molecule has 3 rings (SSSR count). The Morgan fingerprint density at radius 2 is 1.96 bits per heavy atom. The smallest absolute Gasteiger partial charge is 0.252 e. The van der Waals surface area contributed by atoms with Gasteiger partial charge in [0.1, 0.15) is 6.61 Å². The lowest BCUT2D eigenvalue weighted by Gasteiger charge is -2.34. The molecule has 6 nitrogen and oxygen atoms in total. The first kappa shape index (κ1) is 18.4. The van der Waals surface area contributed by atoms with Gasteiger partial charge < -0.3 is 20.1 Å². The second kappa shape index (κ2) is 6.74. The van der Waals surface area contributed by atoms with Gasteiger partial charge in [0.2, 0.25) is 0 Å². The number of carbonyl (C=O) groups excluding carboxylic acids is 2. The van der Waals surface area contributed by atoms with E-state index in [4.69, 9.17) is 4.84 Å². The molecule has 6 heteroatoms. The molecular formula is C20H25N2O4-. The second-order valence-corrected chi connectivity index (χ2v) is 7.95. The molecule has 1 amide bonds. The minimum absolute atomic E-state index is 0.0844. The number of fused-ring (bicyclic) bond motifs is 2. The summed E-state index contributed by atoms with van der Waals surface area (Å²) in [5.74, 6) is -1.17. The molecular weight excluding hydrogens is 332 g/mol. The van der Waals surface area contributed by atoms with Gasteiger partial charge in [-0.25, -0.2) is 0 Å². The maximum atomic E-state index is 12.1. The monoisotopic (exact) mass is 357 g/mol. The Labute approximate surface area is 153 Å². The van der Waals surface area contributed by atoms with E-state index in [-0.39, 0.29) is 35.1 Å². The maximum Gasteiger partial charge on any atom is 0.252 e. The van der Waals surface area contributed by atoms with Crippen molar-refractivity contribution in [3.8, 4) is 0 Å². The van der Waals surface area contributed by atoms with Gasteiger partial charge in [-0.3, -0.25) is 4.79 Å². The molecule has 1 aromatic rings. The van der Waals surface area contributed by atoms with Crippen molar-refractivity contribution in [1.82, 2.24) is 5.32 Å². The SMILES string of the molecule is CC1(C)[C@H]2CC[C@@]1(C)/C(=N/OCCNC(=O)c1ccccc1C(=O)[O-])C2. The van der Waals surface area contributed by atoms with Crippen molar-refractivity contribution >= 4 is 17.6 Å². The van der Waals surface area contributed by atoms with Crippen LogP contribution in [0, 0.1) is 16.7 Å². The Balaban J connectivity index is 1.51. The average molecular weight is 357 g/mol. The predicted octanol–water partition coefficient (Wildman–Crippen LogP) is 2.00. The molecule has 2 bridgehead atoms. The summed E-state index contributed by atoms with van der Waals surface area (Å²) in [6.07, 6.45) is 3.37. The third-order valence-electron chi connectivity index (χ3n) is 6.56. The summed E-state index contributed by atoms with van der Waals surface area (Å²) < 4.78 is 0. The lowest BCUT2D eigenvalue weighted by Crippen LogP contribution is -2.33. The van der Waals surface area contributed by atoms with Crippen LogP contribution in [0.1, 0.15) is 60.7 Å². The van der Waals surface area contributed by atoms with E-state index in [0.29, 0.717) is 5.92 Å². The summed E-state index contributed by atoms with van der Waals surface area (Å²) in [5, 5.41) is 18.1. The molecule has 0 radical (unpaired) electrons. The Morgan fingerprint density at radius 1 is 1.27 bits per heavy atom. The summed E-state index contributed by atoms with van der Waals surface area (Å²) in [6.45, 7) is 7.37. The van der Waals surface area contributed by atoms with Crippen LogP contribution < -0.4 is 10.4 Å². The second-order valence-electron chi connectivity index (χ2n) is 7.95. The molecule has 1 aromatic carbocycles. The maximum absolute atomic E-state index is 12.1. The first-order valence-electron chi connectivity index (χ1n) is 9.05. The molecule has 2 atom stereocenters. The molecule has 140 valence electrons. The quantitative estimate of drug-likeness (QED) is 0.623. The van der Waals surface area contributed by atoms with Gasteiger partial charge in [0.05, 0.1) is 18.2 Å². The lowest BCUT2D eigenvalue weighted by atomic mass is 9.70. The normalized spacial score (nSPS) is 27.5. The molecule has 0 unspecified atom stereocenters. The Hall–Kier alpha value is -2.37. The van der Waals surface area contributed by atoms with Crippen LogP contribution in [0.5, 0.6) is 0 Å². The van der Waals surface area contributed by atoms with Crippen molar-refractivity contribution < 1.29 is 19.5 Å². The third-order valence-corrected chi connectivity index (χ3v) is 6.56. The number of hydrogen-bond acceptors (Lipinski definition) is 5. The van der Waals surface area contributed by atoms with Crippen LogP contribution in [0.2, 0.25) is 0 Å². The number of nitrogens with zero attached hydrogens (tertiary/aromatic N) is 1.